The van der Waals surface area contributed by atoms with Crippen molar-refractivity contribution in [1.82, 2.24) is 4.57 Å². The summed E-state index contributed by atoms with van der Waals surface area (Å²) in [5.74, 6) is -0.548. The van der Waals surface area contributed by atoms with Gasteiger partial charge in [-0.05, 0) is 59.3 Å². The van der Waals surface area contributed by atoms with Crippen molar-refractivity contribution in [1.29, 1.82) is 5.26 Å². The van der Waals surface area contributed by atoms with Gasteiger partial charge in [0.05, 0.1) is 10.7 Å². The molecule has 0 unspecified atom stereocenters. The van der Waals surface area contributed by atoms with Crippen LogP contribution in [0.1, 0.15) is 5.69 Å². The number of carbonyl (C=O) groups is 1. The lowest BCUT2D eigenvalue weighted by molar-refractivity contribution is -0.112. The van der Waals surface area contributed by atoms with Crippen LogP contribution in [0.15, 0.2) is 84.6 Å². The predicted molar refractivity (Wildman–Crippen MR) is 122 cm³/mol. The number of hydrogen-bond acceptors (Lipinski definition) is 2. The van der Waals surface area contributed by atoms with Gasteiger partial charge in [-0.15, -0.1) is 0 Å². The van der Waals surface area contributed by atoms with Crippen molar-refractivity contribution in [3.8, 4) is 11.8 Å². The zero-order valence-electron chi connectivity index (χ0n) is 15.6. The van der Waals surface area contributed by atoms with E-state index in [-0.39, 0.29) is 5.57 Å². The third-order valence-electron chi connectivity index (χ3n) is 4.63. The number of nitrogens with zero attached hydrogens (tertiary/aromatic N) is 2. The molecule has 0 saturated heterocycles. The van der Waals surface area contributed by atoms with Crippen molar-refractivity contribution in [2.24, 2.45) is 0 Å². The average Bonchev–Trinajstić information content (AvgIpc) is 3.21. The first-order valence-corrected chi connectivity index (χ1v) is 9.85. The Labute approximate surface area is 183 Å². The van der Waals surface area contributed by atoms with Gasteiger partial charge in [-0.2, -0.15) is 5.26 Å². The van der Waals surface area contributed by atoms with Crippen molar-refractivity contribution in [3.05, 3.63) is 100 Å². The Morgan fingerprint density at radius 2 is 1.77 bits per heavy atom. The van der Waals surface area contributed by atoms with Crippen molar-refractivity contribution < 1.29 is 4.79 Å². The number of hydrogen-bond donors (Lipinski definition) is 1. The second-order valence-corrected chi connectivity index (χ2v) is 7.43. The number of amides is 1. The van der Waals surface area contributed by atoms with Crippen molar-refractivity contribution in [3.63, 3.8) is 0 Å². The van der Waals surface area contributed by atoms with Gasteiger partial charge >= 0.3 is 0 Å². The van der Waals surface area contributed by atoms with Crippen molar-refractivity contribution in [2.75, 3.05) is 5.32 Å². The van der Waals surface area contributed by atoms with Crippen LogP contribution in [0.5, 0.6) is 0 Å². The molecule has 0 bridgehead atoms. The number of anilines is 1. The Morgan fingerprint density at radius 1 is 0.967 bits per heavy atom. The quantitative estimate of drug-likeness (QED) is 0.296. The molecule has 4 rings (SSSR count). The van der Waals surface area contributed by atoms with Crippen LogP contribution in [0.2, 0.25) is 10.0 Å². The first-order valence-electron chi connectivity index (χ1n) is 9.10. The van der Waals surface area contributed by atoms with Gasteiger partial charge in [0.25, 0.3) is 5.91 Å². The van der Waals surface area contributed by atoms with Crippen LogP contribution in [0.25, 0.3) is 22.5 Å². The molecule has 0 aliphatic carbocycles. The van der Waals surface area contributed by atoms with Crippen LogP contribution >= 0.6 is 23.2 Å². The fourth-order valence-electron chi connectivity index (χ4n) is 3.15. The summed E-state index contributed by atoms with van der Waals surface area (Å²) in [7, 11) is 0. The number of nitrogens with one attached hydrogen (secondary N) is 1. The minimum absolute atomic E-state index is 0.0400. The molecular formula is C24H15Cl2N3O. The lowest BCUT2D eigenvalue weighted by Crippen LogP contribution is -2.14. The molecule has 1 heterocycles. The van der Waals surface area contributed by atoms with Crippen molar-refractivity contribution in [2.45, 2.75) is 0 Å². The maximum atomic E-state index is 12.6. The van der Waals surface area contributed by atoms with Crippen LogP contribution < -0.4 is 5.32 Å². The summed E-state index contributed by atoms with van der Waals surface area (Å²) in [6, 6.07) is 24.6. The second-order valence-electron chi connectivity index (χ2n) is 6.58. The number of fused-ring (bicyclic) bond motifs is 1. The normalized spacial score (nSPS) is 11.3. The van der Waals surface area contributed by atoms with E-state index in [2.05, 4.69) is 17.4 Å². The van der Waals surface area contributed by atoms with E-state index in [9.17, 15) is 10.1 Å². The summed E-state index contributed by atoms with van der Waals surface area (Å²) in [5.41, 5.74) is 1.99. The highest BCUT2D eigenvalue weighted by Crippen LogP contribution is 2.26. The largest absolute Gasteiger partial charge is 0.320 e. The predicted octanol–water partition coefficient (Wildman–Crippen LogP) is 6.48. The molecule has 0 aliphatic heterocycles. The lowest BCUT2D eigenvalue weighted by Gasteiger charge is -2.09. The number of carbonyl (C=O) groups excluding carboxylic acids is 1. The number of halogens is 2. The highest BCUT2D eigenvalue weighted by Gasteiger charge is 2.13. The van der Waals surface area contributed by atoms with E-state index in [0.29, 0.717) is 21.4 Å². The van der Waals surface area contributed by atoms with Crippen molar-refractivity contribution >= 4 is 51.6 Å². The molecule has 3 aromatic carbocycles. The Hall–Kier alpha value is -3.52. The van der Waals surface area contributed by atoms with Crippen LogP contribution in [0, 0.1) is 11.3 Å². The van der Waals surface area contributed by atoms with Crippen LogP contribution in [0.3, 0.4) is 0 Å². The molecule has 146 valence electrons. The molecule has 6 heteroatoms. The molecule has 0 atom stereocenters. The monoisotopic (exact) mass is 431 g/mol. The van der Waals surface area contributed by atoms with Gasteiger partial charge in [-0.3, -0.25) is 4.79 Å². The van der Waals surface area contributed by atoms with Crippen LogP contribution in [-0.4, -0.2) is 10.5 Å². The zero-order valence-corrected chi connectivity index (χ0v) is 17.2. The maximum Gasteiger partial charge on any atom is 0.266 e. The molecule has 0 saturated carbocycles. The number of rotatable bonds is 4. The first-order chi connectivity index (χ1) is 14.5. The zero-order chi connectivity index (χ0) is 21.1. The van der Waals surface area contributed by atoms with Gasteiger partial charge in [-0.1, -0.05) is 53.5 Å². The molecule has 4 nitrogen and oxygen atoms in total. The van der Waals surface area contributed by atoms with E-state index in [4.69, 9.17) is 23.2 Å². The number of nitriles is 1. The molecule has 1 aromatic heterocycles. The molecule has 1 amide bonds. The fraction of sp³-hybridized carbons (Fsp3) is 0. The topological polar surface area (TPSA) is 57.8 Å². The fourth-order valence-corrected chi connectivity index (χ4v) is 3.61. The van der Waals surface area contributed by atoms with E-state index in [0.717, 1.165) is 16.5 Å². The Bertz CT molecular complexity index is 1330. The van der Waals surface area contributed by atoms with E-state index in [1.807, 2.05) is 59.3 Å². The third-order valence-corrected chi connectivity index (χ3v) is 5.18. The van der Waals surface area contributed by atoms with Gasteiger partial charge in [0.2, 0.25) is 0 Å². The molecule has 30 heavy (non-hydrogen) atoms. The molecule has 1 N–H and O–H groups in total. The standard InChI is InChI=1S/C24H15Cl2N3O/c25-19-8-10-23(22(26)14-19)28-24(30)18(15-27)13-20-6-3-11-29(20)21-9-7-16-4-1-2-5-17(16)12-21/h1-14H,(H,28,30)/b18-13-. The van der Waals surface area contributed by atoms with Crippen LogP contribution in [-0.2, 0) is 4.79 Å². The molecule has 0 fully saturated rings. The van der Waals surface area contributed by atoms with Crippen LogP contribution in [0.4, 0.5) is 5.69 Å². The summed E-state index contributed by atoms with van der Waals surface area (Å²) in [4.78, 5) is 12.6. The minimum atomic E-state index is -0.548. The van der Waals surface area contributed by atoms with Gasteiger partial charge in [0, 0.05) is 22.6 Å². The second kappa shape index (κ2) is 8.46. The first kappa shape index (κ1) is 19.8. The molecular weight excluding hydrogens is 417 g/mol. The number of aromatic nitrogens is 1. The summed E-state index contributed by atoms with van der Waals surface area (Å²) in [5, 5.41) is 15.2. The lowest BCUT2D eigenvalue weighted by atomic mass is 10.1. The smallest absolute Gasteiger partial charge is 0.266 e. The SMILES string of the molecule is N#C/C(=C/c1cccn1-c1ccc2ccccc2c1)C(=O)Nc1ccc(Cl)cc1Cl. The third kappa shape index (κ3) is 4.08. The summed E-state index contributed by atoms with van der Waals surface area (Å²) in [6.45, 7) is 0. The Morgan fingerprint density at radius 3 is 2.53 bits per heavy atom. The summed E-state index contributed by atoms with van der Waals surface area (Å²) in [6.07, 6.45) is 3.44. The highest BCUT2D eigenvalue weighted by molar-refractivity contribution is 6.36. The van der Waals surface area contributed by atoms with Gasteiger partial charge in [-0.25, -0.2) is 0 Å². The Balaban J connectivity index is 1.65. The Kier molecular flexibility index (Phi) is 5.58. The minimum Gasteiger partial charge on any atom is -0.320 e. The molecule has 4 aromatic rings. The van der Waals surface area contributed by atoms with Gasteiger partial charge < -0.3 is 9.88 Å². The van der Waals surface area contributed by atoms with E-state index in [1.165, 1.54) is 6.07 Å². The van der Waals surface area contributed by atoms with E-state index >= 15 is 0 Å². The maximum absolute atomic E-state index is 12.6. The number of benzene rings is 3. The highest BCUT2D eigenvalue weighted by atomic mass is 35.5. The summed E-state index contributed by atoms with van der Waals surface area (Å²) >= 11 is 12.0. The molecule has 0 radical (unpaired) electrons. The molecule has 0 aliphatic rings. The molecule has 0 spiro atoms. The van der Waals surface area contributed by atoms with E-state index < -0.39 is 5.91 Å². The van der Waals surface area contributed by atoms with Gasteiger partial charge in [0.1, 0.15) is 11.6 Å². The van der Waals surface area contributed by atoms with Gasteiger partial charge in [0.15, 0.2) is 0 Å². The summed E-state index contributed by atoms with van der Waals surface area (Å²) < 4.78 is 1.92. The average molecular weight is 432 g/mol. The van der Waals surface area contributed by atoms with E-state index in [1.54, 1.807) is 18.2 Å².